The van der Waals surface area contributed by atoms with Gasteiger partial charge in [-0.25, -0.2) is 0 Å². The summed E-state index contributed by atoms with van der Waals surface area (Å²) < 4.78 is 5.60. The van der Waals surface area contributed by atoms with Gasteiger partial charge in [-0.3, -0.25) is 0 Å². The van der Waals surface area contributed by atoms with Gasteiger partial charge in [-0.1, -0.05) is 18.1 Å². The lowest BCUT2D eigenvalue weighted by Gasteiger charge is -2.10. The quantitative estimate of drug-likeness (QED) is 0.575. The van der Waals surface area contributed by atoms with E-state index in [1.54, 1.807) is 11.8 Å². The summed E-state index contributed by atoms with van der Waals surface area (Å²) in [7, 11) is 0. The maximum absolute atomic E-state index is 5.60. The Morgan fingerprint density at radius 2 is 2.06 bits per heavy atom. The van der Waals surface area contributed by atoms with Crippen molar-refractivity contribution >= 4 is 11.8 Å². The van der Waals surface area contributed by atoms with Crippen LogP contribution in [0, 0.1) is 12.3 Å². The summed E-state index contributed by atoms with van der Waals surface area (Å²) in [6.07, 6.45) is 5.40. The molecule has 3 heteroatoms. The number of hydrogen-bond donors (Lipinski definition) is 1. The maximum Gasteiger partial charge on any atom is 0.119 e. The van der Waals surface area contributed by atoms with Crippen LogP contribution in [0.15, 0.2) is 24.3 Å². The molecule has 1 aromatic carbocycles. The lowest BCUT2D eigenvalue weighted by molar-refractivity contribution is 0.242. The Kier molecular flexibility index (Phi) is 7.40. The normalized spacial score (nSPS) is 10.3. The van der Waals surface area contributed by atoms with Crippen molar-refractivity contribution in [2.24, 2.45) is 0 Å². The zero-order chi connectivity index (χ0) is 13.2. The van der Waals surface area contributed by atoms with Crippen LogP contribution in [0.25, 0.3) is 0 Å². The van der Waals surface area contributed by atoms with Crippen molar-refractivity contribution < 1.29 is 4.74 Å². The minimum absolute atomic E-state index is 0.224. The largest absolute Gasteiger partial charge is 0.491 e. The molecule has 0 radical (unpaired) electrons. The van der Waals surface area contributed by atoms with E-state index in [1.165, 1.54) is 5.56 Å². The first-order valence-electron chi connectivity index (χ1n) is 6.20. The van der Waals surface area contributed by atoms with E-state index in [4.69, 9.17) is 11.2 Å². The molecule has 1 rings (SSSR count). The minimum Gasteiger partial charge on any atom is -0.491 e. The second kappa shape index (κ2) is 8.91. The topological polar surface area (TPSA) is 21.3 Å². The van der Waals surface area contributed by atoms with Gasteiger partial charge < -0.3 is 10.1 Å². The summed E-state index contributed by atoms with van der Waals surface area (Å²) in [6.45, 7) is 5.93. The van der Waals surface area contributed by atoms with Gasteiger partial charge in [-0.2, -0.15) is 0 Å². The van der Waals surface area contributed by atoms with Crippen molar-refractivity contribution in [3.05, 3.63) is 29.8 Å². The van der Waals surface area contributed by atoms with Crippen molar-refractivity contribution in [2.75, 3.05) is 18.1 Å². The number of thioether (sulfide) groups is 1. The van der Waals surface area contributed by atoms with Crippen LogP contribution < -0.4 is 10.1 Å². The molecule has 0 amide bonds. The van der Waals surface area contributed by atoms with E-state index in [1.807, 2.05) is 26.0 Å². The minimum atomic E-state index is 0.224. The van der Waals surface area contributed by atoms with E-state index < -0.39 is 0 Å². The Hall–Kier alpha value is -1.11. The third-order valence-corrected chi connectivity index (χ3v) is 3.10. The molecule has 0 saturated carbocycles. The molecule has 0 bridgehead atoms. The molecule has 18 heavy (non-hydrogen) atoms. The Morgan fingerprint density at radius 1 is 1.33 bits per heavy atom. The van der Waals surface area contributed by atoms with Crippen LogP contribution in [0.5, 0.6) is 5.75 Å². The monoisotopic (exact) mass is 263 g/mol. The highest BCUT2D eigenvalue weighted by Gasteiger charge is 1.98. The third-order valence-electron chi connectivity index (χ3n) is 2.23. The molecule has 0 fully saturated rings. The third kappa shape index (κ3) is 6.58. The summed E-state index contributed by atoms with van der Waals surface area (Å²) in [6, 6.07) is 8.23. The first-order chi connectivity index (χ1) is 8.72. The van der Waals surface area contributed by atoms with Gasteiger partial charge in [0, 0.05) is 18.8 Å². The van der Waals surface area contributed by atoms with Crippen molar-refractivity contribution in [1.29, 1.82) is 0 Å². The number of ether oxygens (including phenoxy) is 1. The van der Waals surface area contributed by atoms with E-state index in [9.17, 15) is 0 Å². The molecular weight excluding hydrogens is 242 g/mol. The Bertz CT molecular complexity index is 367. The second-order valence-corrected chi connectivity index (χ2v) is 5.35. The average Bonchev–Trinajstić information content (AvgIpc) is 2.35. The van der Waals surface area contributed by atoms with Gasteiger partial charge in [-0.15, -0.1) is 18.2 Å². The fourth-order valence-electron chi connectivity index (χ4n) is 1.47. The van der Waals surface area contributed by atoms with Crippen LogP contribution in [0.3, 0.4) is 0 Å². The summed E-state index contributed by atoms with van der Waals surface area (Å²) in [4.78, 5) is 0. The number of benzene rings is 1. The number of nitrogens with one attached hydrogen (secondary N) is 1. The van der Waals surface area contributed by atoms with E-state index in [2.05, 4.69) is 23.4 Å². The number of terminal acetylenes is 1. The fourth-order valence-corrected chi connectivity index (χ4v) is 2.02. The zero-order valence-electron chi connectivity index (χ0n) is 11.1. The predicted molar refractivity (Wildman–Crippen MR) is 80.1 cm³/mol. The first kappa shape index (κ1) is 14.9. The van der Waals surface area contributed by atoms with Crippen molar-refractivity contribution in [3.63, 3.8) is 0 Å². The molecule has 2 nitrogen and oxygen atoms in total. The molecule has 0 heterocycles. The summed E-state index contributed by atoms with van der Waals surface area (Å²) in [5.41, 5.74) is 1.27. The SMILES string of the molecule is C#CCSCCNCc1ccc(OC(C)C)cc1. The van der Waals surface area contributed by atoms with Gasteiger partial charge >= 0.3 is 0 Å². The molecule has 0 aliphatic carbocycles. The van der Waals surface area contributed by atoms with E-state index in [0.717, 1.165) is 30.3 Å². The molecule has 0 atom stereocenters. The lowest BCUT2D eigenvalue weighted by Crippen LogP contribution is -2.16. The van der Waals surface area contributed by atoms with Gasteiger partial charge in [0.25, 0.3) is 0 Å². The van der Waals surface area contributed by atoms with Crippen LogP contribution in [-0.2, 0) is 6.54 Å². The second-order valence-electron chi connectivity index (χ2n) is 4.24. The van der Waals surface area contributed by atoms with Crippen LogP contribution in [0.1, 0.15) is 19.4 Å². The summed E-state index contributed by atoms with van der Waals surface area (Å²) in [5.74, 6) is 5.40. The van der Waals surface area contributed by atoms with E-state index >= 15 is 0 Å². The zero-order valence-corrected chi connectivity index (χ0v) is 11.9. The number of rotatable bonds is 8. The molecule has 0 unspecified atom stereocenters. The smallest absolute Gasteiger partial charge is 0.119 e. The van der Waals surface area contributed by atoms with Gasteiger partial charge in [0.05, 0.1) is 11.9 Å². The van der Waals surface area contributed by atoms with Gasteiger partial charge in [0.2, 0.25) is 0 Å². The summed E-state index contributed by atoms with van der Waals surface area (Å²) >= 11 is 1.78. The Morgan fingerprint density at radius 3 is 2.67 bits per heavy atom. The first-order valence-corrected chi connectivity index (χ1v) is 7.35. The maximum atomic E-state index is 5.60. The van der Waals surface area contributed by atoms with Crippen LogP contribution >= 0.6 is 11.8 Å². The average molecular weight is 263 g/mol. The Labute approximate surface area is 115 Å². The van der Waals surface area contributed by atoms with Crippen LogP contribution in [-0.4, -0.2) is 24.2 Å². The predicted octanol–water partition coefficient (Wildman–Crippen LogP) is 2.93. The van der Waals surface area contributed by atoms with Gasteiger partial charge in [0.1, 0.15) is 5.75 Å². The number of hydrogen-bond acceptors (Lipinski definition) is 3. The highest BCUT2D eigenvalue weighted by molar-refractivity contribution is 7.99. The molecular formula is C15H21NOS. The highest BCUT2D eigenvalue weighted by Crippen LogP contribution is 2.13. The van der Waals surface area contributed by atoms with Gasteiger partial charge in [-0.05, 0) is 31.5 Å². The standard InChI is InChI=1S/C15H21NOS/c1-4-10-18-11-9-16-12-14-5-7-15(8-6-14)17-13(2)3/h1,5-8,13,16H,9-12H2,2-3H3. The molecule has 1 aromatic rings. The molecule has 0 aromatic heterocycles. The molecule has 0 spiro atoms. The molecule has 98 valence electrons. The summed E-state index contributed by atoms with van der Waals surface area (Å²) in [5, 5.41) is 3.39. The molecule has 0 saturated heterocycles. The lowest BCUT2D eigenvalue weighted by atomic mass is 10.2. The molecule has 0 aliphatic rings. The Balaban J connectivity index is 2.21. The van der Waals surface area contributed by atoms with Crippen LogP contribution in [0.4, 0.5) is 0 Å². The highest BCUT2D eigenvalue weighted by atomic mass is 32.2. The van der Waals surface area contributed by atoms with Crippen molar-refractivity contribution in [3.8, 4) is 18.1 Å². The fraction of sp³-hybridized carbons (Fsp3) is 0.467. The van der Waals surface area contributed by atoms with Crippen molar-refractivity contribution in [1.82, 2.24) is 5.32 Å². The van der Waals surface area contributed by atoms with Crippen LogP contribution in [0.2, 0.25) is 0 Å². The van der Waals surface area contributed by atoms with Gasteiger partial charge in [0.15, 0.2) is 0 Å². The van der Waals surface area contributed by atoms with Crippen molar-refractivity contribution in [2.45, 2.75) is 26.5 Å². The molecule has 0 aliphatic heterocycles. The van der Waals surface area contributed by atoms with E-state index in [-0.39, 0.29) is 6.10 Å². The van der Waals surface area contributed by atoms with E-state index in [0.29, 0.717) is 0 Å². The molecule has 1 N–H and O–H groups in total.